The second kappa shape index (κ2) is 11.0. The van der Waals surface area contributed by atoms with Gasteiger partial charge in [0, 0.05) is 12.6 Å². The first-order valence-corrected chi connectivity index (χ1v) is 14.4. The van der Waals surface area contributed by atoms with Crippen molar-refractivity contribution >= 4 is 41.2 Å². The van der Waals surface area contributed by atoms with E-state index in [1.807, 2.05) is 102 Å². The summed E-state index contributed by atoms with van der Waals surface area (Å²) in [6, 6.07) is 31.2. The van der Waals surface area contributed by atoms with Gasteiger partial charge in [0.05, 0.1) is 23.6 Å². The summed E-state index contributed by atoms with van der Waals surface area (Å²) in [7, 11) is 0. The first-order chi connectivity index (χ1) is 21.4. The van der Waals surface area contributed by atoms with E-state index in [0.717, 1.165) is 27.3 Å². The summed E-state index contributed by atoms with van der Waals surface area (Å²) < 4.78 is 11.4. The Morgan fingerprint density at radius 3 is 1.95 bits per heavy atom. The van der Waals surface area contributed by atoms with Gasteiger partial charge in [0.15, 0.2) is 6.10 Å². The van der Waals surface area contributed by atoms with Gasteiger partial charge in [-0.15, -0.1) is 0 Å². The lowest BCUT2D eigenvalue weighted by Crippen LogP contribution is -2.49. The molecule has 0 N–H and O–H groups in total. The van der Waals surface area contributed by atoms with Crippen LogP contribution in [0.25, 0.3) is 6.08 Å². The normalized spacial score (nSPS) is 21.6. The number of amides is 2. The highest BCUT2D eigenvalue weighted by Gasteiger charge is 2.65. The Labute approximate surface area is 254 Å². The molecule has 0 radical (unpaired) electrons. The summed E-state index contributed by atoms with van der Waals surface area (Å²) in [6.07, 6.45) is 3.12. The van der Waals surface area contributed by atoms with Gasteiger partial charge in [-0.3, -0.25) is 14.4 Å². The lowest BCUT2D eigenvalue weighted by atomic mass is 9.88. The zero-order valence-corrected chi connectivity index (χ0v) is 23.8. The minimum Gasteiger partial charge on any atom is -0.451 e. The third kappa shape index (κ3) is 4.55. The summed E-state index contributed by atoms with van der Waals surface area (Å²) in [5, 5.41) is 0. The fourth-order valence-electron chi connectivity index (χ4n) is 6.64. The number of hydrogen-bond acceptors (Lipinski definition) is 7. The van der Waals surface area contributed by atoms with Gasteiger partial charge in [-0.05, 0) is 47.0 Å². The van der Waals surface area contributed by atoms with Crippen molar-refractivity contribution in [1.82, 2.24) is 0 Å². The lowest BCUT2D eigenvalue weighted by Gasteiger charge is -2.36. The van der Waals surface area contributed by atoms with Gasteiger partial charge < -0.3 is 14.4 Å². The number of carbonyl (C=O) groups is 4. The molecular weight excluding hydrogens is 556 g/mol. The Bertz CT molecular complexity index is 1750. The van der Waals surface area contributed by atoms with E-state index in [4.69, 9.17) is 9.47 Å². The summed E-state index contributed by atoms with van der Waals surface area (Å²) in [6.45, 7) is 1.30. The molecule has 2 saturated heterocycles. The lowest BCUT2D eigenvalue weighted by molar-refractivity contribution is -0.151. The third-order valence-electron chi connectivity index (χ3n) is 8.45. The van der Waals surface area contributed by atoms with Crippen LogP contribution >= 0.6 is 0 Å². The molecule has 0 aliphatic carbocycles. The van der Waals surface area contributed by atoms with Crippen LogP contribution in [0.4, 0.5) is 11.4 Å². The molecule has 0 unspecified atom stereocenters. The van der Waals surface area contributed by atoms with E-state index < -0.39 is 53.8 Å². The highest BCUT2D eigenvalue weighted by Crippen LogP contribution is 2.50. The Balaban J connectivity index is 1.28. The molecule has 0 aromatic heterocycles. The average molecular weight is 585 g/mol. The molecule has 0 bridgehead atoms. The van der Waals surface area contributed by atoms with E-state index in [1.54, 1.807) is 12.1 Å². The number of anilines is 2. The number of carbonyl (C=O) groups excluding carboxylic acids is 4. The van der Waals surface area contributed by atoms with E-state index in [9.17, 15) is 19.2 Å². The molecule has 4 aromatic carbocycles. The fraction of sp³-hybridized carbons (Fsp3) is 0.167. The molecule has 3 aliphatic rings. The molecule has 44 heavy (non-hydrogen) atoms. The highest BCUT2D eigenvalue weighted by atomic mass is 16.5. The molecule has 4 atom stereocenters. The molecule has 8 heteroatoms. The highest BCUT2D eigenvalue weighted by molar-refractivity contribution is 6.24. The van der Waals surface area contributed by atoms with Crippen molar-refractivity contribution < 1.29 is 28.7 Å². The maximum atomic E-state index is 14.4. The van der Waals surface area contributed by atoms with Gasteiger partial charge in [0.25, 0.3) is 0 Å². The van der Waals surface area contributed by atoms with Crippen molar-refractivity contribution in [3.05, 3.63) is 132 Å². The van der Waals surface area contributed by atoms with Gasteiger partial charge in [-0.25, -0.2) is 9.69 Å². The molecule has 0 saturated carbocycles. The second-order valence-electron chi connectivity index (χ2n) is 11.0. The van der Waals surface area contributed by atoms with Crippen molar-refractivity contribution in [2.45, 2.75) is 25.1 Å². The Kier molecular flexibility index (Phi) is 6.81. The summed E-state index contributed by atoms with van der Waals surface area (Å²) in [5.41, 5.74) is 3.59. The van der Waals surface area contributed by atoms with Gasteiger partial charge in [-0.1, -0.05) is 91.0 Å². The third-order valence-corrected chi connectivity index (χ3v) is 8.45. The van der Waals surface area contributed by atoms with Gasteiger partial charge in [0.1, 0.15) is 11.8 Å². The molecule has 218 valence electrons. The van der Waals surface area contributed by atoms with Crippen LogP contribution in [0.5, 0.6) is 5.75 Å². The van der Waals surface area contributed by atoms with E-state index in [2.05, 4.69) is 0 Å². The van der Waals surface area contributed by atoms with Crippen LogP contribution in [0.15, 0.2) is 115 Å². The minimum atomic E-state index is -1.05. The fourth-order valence-corrected chi connectivity index (χ4v) is 6.64. The first-order valence-electron chi connectivity index (χ1n) is 14.4. The zero-order valence-electron chi connectivity index (χ0n) is 23.8. The van der Waals surface area contributed by atoms with Crippen molar-refractivity contribution in [2.75, 3.05) is 9.80 Å². The van der Waals surface area contributed by atoms with Crippen LogP contribution in [0.3, 0.4) is 0 Å². The number of esters is 2. The smallest absolute Gasteiger partial charge is 0.330 e. The van der Waals surface area contributed by atoms with E-state index in [1.165, 1.54) is 19.1 Å². The summed E-state index contributed by atoms with van der Waals surface area (Å²) >= 11 is 0. The predicted octanol–water partition coefficient (Wildman–Crippen LogP) is 5.33. The maximum Gasteiger partial charge on any atom is 0.330 e. The van der Waals surface area contributed by atoms with E-state index in [0.29, 0.717) is 11.4 Å². The van der Waals surface area contributed by atoms with Crippen molar-refractivity contribution in [3.63, 3.8) is 0 Å². The van der Waals surface area contributed by atoms with Crippen LogP contribution in [-0.4, -0.2) is 35.8 Å². The largest absolute Gasteiger partial charge is 0.451 e. The molecule has 7 rings (SSSR count). The first kappa shape index (κ1) is 27.3. The predicted molar refractivity (Wildman–Crippen MR) is 164 cm³/mol. The van der Waals surface area contributed by atoms with Crippen LogP contribution in [0.2, 0.25) is 0 Å². The summed E-state index contributed by atoms with van der Waals surface area (Å²) in [5.74, 6) is -3.40. The molecule has 2 fully saturated rings. The van der Waals surface area contributed by atoms with Crippen molar-refractivity contribution in [2.24, 2.45) is 11.8 Å². The van der Waals surface area contributed by atoms with E-state index >= 15 is 0 Å². The minimum absolute atomic E-state index is 0.299. The Morgan fingerprint density at radius 2 is 1.32 bits per heavy atom. The van der Waals surface area contributed by atoms with Crippen LogP contribution in [0, 0.1) is 11.8 Å². The van der Waals surface area contributed by atoms with Crippen LogP contribution in [0.1, 0.15) is 29.7 Å². The number of rotatable bonds is 6. The topological polar surface area (TPSA) is 93.2 Å². The number of benzene rings is 4. The average Bonchev–Trinajstić information content (AvgIpc) is 3.53. The molecule has 3 aliphatic heterocycles. The number of fused-ring (bicyclic) bond motifs is 5. The number of nitrogens with zero attached hydrogens (tertiary/aromatic N) is 2. The van der Waals surface area contributed by atoms with Gasteiger partial charge in [0.2, 0.25) is 11.8 Å². The summed E-state index contributed by atoms with van der Waals surface area (Å²) in [4.78, 5) is 57.1. The second-order valence-corrected chi connectivity index (χ2v) is 11.0. The number of hydrogen-bond donors (Lipinski definition) is 0. The number of para-hydroxylation sites is 1. The molecule has 3 heterocycles. The van der Waals surface area contributed by atoms with E-state index in [-0.39, 0.29) is 0 Å². The molecule has 4 aromatic rings. The number of ether oxygens (including phenoxy) is 2. The quantitative estimate of drug-likeness (QED) is 0.172. The standard InChI is InChI=1S/C36H28N2O6/c1-22(39)43-27-19-17-26(18-20-27)37-34(40)30-29-21-16-23-10-8-9-15-28(23)38(29)32(31(30)35(37)41)36(42)44-33(24-11-4-2-5-12-24)25-13-6-3-7-14-25/h2-21,29-33H,1H3/t29-,30+,31+,32+/m1/s1. The Morgan fingerprint density at radius 1 is 0.727 bits per heavy atom. The maximum absolute atomic E-state index is 14.4. The molecule has 2 amide bonds. The van der Waals surface area contributed by atoms with Crippen molar-refractivity contribution in [3.8, 4) is 5.75 Å². The number of imide groups is 1. The SMILES string of the molecule is CC(=O)Oc1ccc(N2C(=O)[C@@H]3[C@H](C2=O)[C@@H](C(=O)OC(c2ccccc2)c2ccccc2)N2c4ccccc4C=C[C@H]32)cc1. The van der Waals surface area contributed by atoms with Gasteiger partial charge in [-0.2, -0.15) is 0 Å². The molecule has 8 nitrogen and oxygen atoms in total. The van der Waals surface area contributed by atoms with Crippen LogP contribution in [-0.2, 0) is 23.9 Å². The van der Waals surface area contributed by atoms with Gasteiger partial charge >= 0.3 is 11.9 Å². The monoisotopic (exact) mass is 584 g/mol. The molecular formula is C36H28N2O6. The van der Waals surface area contributed by atoms with Crippen LogP contribution < -0.4 is 14.5 Å². The molecule has 0 spiro atoms. The zero-order chi connectivity index (χ0) is 30.4. The Hall–Kier alpha value is -5.50. The van der Waals surface area contributed by atoms with Crippen molar-refractivity contribution in [1.29, 1.82) is 0 Å².